The molecule has 0 saturated heterocycles. The van der Waals surface area contributed by atoms with E-state index in [1.807, 2.05) is 6.92 Å². The number of aromatic nitrogens is 2. The molecule has 5 heteroatoms. The molecule has 0 aliphatic heterocycles. The van der Waals surface area contributed by atoms with E-state index in [-0.39, 0.29) is 11.5 Å². The molecule has 100 valence electrons. The molecule has 1 saturated carbocycles. The van der Waals surface area contributed by atoms with Crippen molar-refractivity contribution in [2.75, 3.05) is 13.7 Å². The SMILES string of the molecule is COCC(C)c1nc(C2CCCC2)c(Br)c(=O)[nH]1. The van der Waals surface area contributed by atoms with Crippen molar-refractivity contribution in [2.24, 2.45) is 0 Å². The molecule has 1 atom stereocenters. The fourth-order valence-corrected chi connectivity index (χ4v) is 3.04. The second kappa shape index (κ2) is 5.97. The first kappa shape index (κ1) is 13.7. The lowest BCUT2D eigenvalue weighted by Gasteiger charge is -2.15. The van der Waals surface area contributed by atoms with Gasteiger partial charge in [0.25, 0.3) is 5.56 Å². The number of H-pyrrole nitrogens is 1. The van der Waals surface area contributed by atoms with E-state index in [1.54, 1.807) is 7.11 Å². The van der Waals surface area contributed by atoms with Gasteiger partial charge in [-0.3, -0.25) is 4.79 Å². The van der Waals surface area contributed by atoms with Crippen molar-refractivity contribution in [2.45, 2.75) is 44.4 Å². The van der Waals surface area contributed by atoms with Crippen molar-refractivity contribution < 1.29 is 4.74 Å². The summed E-state index contributed by atoms with van der Waals surface area (Å²) in [4.78, 5) is 19.4. The Balaban J connectivity index is 2.36. The molecule has 1 aliphatic carbocycles. The topological polar surface area (TPSA) is 55.0 Å². The summed E-state index contributed by atoms with van der Waals surface area (Å²) in [6.07, 6.45) is 4.73. The Morgan fingerprint density at radius 3 is 2.78 bits per heavy atom. The molecule has 4 nitrogen and oxygen atoms in total. The average Bonchev–Trinajstić information content (AvgIpc) is 2.86. The van der Waals surface area contributed by atoms with Crippen LogP contribution in [0.15, 0.2) is 9.27 Å². The number of nitrogens with zero attached hydrogens (tertiary/aromatic N) is 1. The Morgan fingerprint density at radius 1 is 1.50 bits per heavy atom. The van der Waals surface area contributed by atoms with Gasteiger partial charge in [-0.15, -0.1) is 0 Å². The second-order valence-corrected chi connectivity index (χ2v) is 5.78. The van der Waals surface area contributed by atoms with Gasteiger partial charge < -0.3 is 9.72 Å². The van der Waals surface area contributed by atoms with Crippen molar-refractivity contribution in [3.8, 4) is 0 Å². The van der Waals surface area contributed by atoms with Gasteiger partial charge in [0.2, 0.25) is 0 Å². The van der Waals surface area contributed by atoms with Crippen molar-refractivity contribution in [1.82, 2.24) is 9.97 Å². The van der Waals surface area contributed by atoms with E-state index in [0.717, 1.165) is 24.4 Å². The van der Waals surface area contributed by atoms with Crippen LogP contribution in [0.5, 0.6) is 0 Å². The first-order valence-electron chi connectivity index (χ1n) is 6.42. The highest BCUT2D eigenvalue weighted by Gasteiger charge is 2.23. The summed E-state index contributed by atoms with van der Waals surface area (Å²) in [5.41, 5.74) is 0.846. The number of ether oxygens (including phenoxy) is 1. The number of halogens is 1. The molecule has 1 aromatic heterocycles. The smallest absolute Gasteiger partial charge is 0.265 e. The predicted molar refractivity (Wildman–Crippen MR) is 74.1 cm³/mol. The van der Waals surface area contributed by atoms with Gasteiger partial charge >= 0.3 is 0 Å². The second-order valence-electron chi connectivity index (χ2n) is 4.99. The minimum Gasteiger partial charge on any atom is -0.384 e. The fraction of sp³-hybridized carbons (Fsp3) is 0.692. The quantitative estimate of drug-likeness (QED) is 0.929. The summed E-state index contributed by atoms with van der Waals surface area (Å²) >= 11 is 3.37. The normalized spacial score (nSPS) is 18.2. The van der Waals surface area contributed by atoms with Gasteiger partial charge in [-0.25, -0.2) is 4.98 Å². The van der Waals surface area contributed by atoms with Gasteiger partial charge in [0, 0.05) is 18.9 Å². The fourth-order valence-electron chi connectivity index (χ4n) is 2.53. The first-order chi connectivity index (χ1) is 8.63. The van der Waals surface area contributed by atoms with Gasteiger partial charge in [0.05, 0.1) is 12.3 Å². The zero-order chi connectivity index (χ0) is 13.1. The number of methoxy groups -OCH3 is 1. The van der Waals surface area contributed by atoms with Crippen LogP contribution in [-0.4, -0.2) is 23.7 Å². The van der Waals surface area contributed by atoms with Crippen LogP contribution in [0.3, 0.4) is 0 Å². The Morgan fingerprint density at radius 2 is 2.17 bits per heavy atom. The molecule has 18 heavy (non-hydrogen) atoms. The van der Waals surface area contributed by atoms with Gasteiger partial charge in [0.15, 0.2) is 0 Å². The molecular weight excluding hydrogens is 296 g/mol. The minimum absolute atomic E-state index is 0.0788. The molecule has 1 fully saturated rings. The van der Waals surface area contributed by atoms with Crippen molar-refractivity contribution >= 4 is 15.9 Å². The van der Waals surface area contributed by atoms with Crippen LogP contribution in [-0.2, 0) is 4.74 Å². The molecule has 0 radical (unpaired) electrons. The molecule has 1 heterocycles. The predicted octanol–water partition coefficient (Wildman–Crippen LogP) is 2.94. The number of nitrogens with one attached hydrogen (secondary N) is 1. The largest absolute Gasteiger partial charge is 0.384 e. The Kier molecular flexibility index (Phi) is 4.56. The van der Waals surface area contributed by atoms with E-state index < -0.39 is 0 Å². The highest BCUT2D eigenvalue weighted by molar-refractivity contribution is 9.10. The maximum Gasteiger partial charge on any atom is 0.265 e. The van der Waals surface area contributed by atoms with E-state index in [4.69, 9.17) is 4.74 Å². The molecule has 0 amide bonds. The Labute approximate surface area is 115 Å². The zero-order valence-corrected chi connectivity index (χ0v) is 12.4. The van der Waals surface area contributed by atoms with Crippen LogP contribution < -0.4 is 5.56 Å². The van der Waals surface area contributed by atoms with Crippen molar-refractivity contribution in [3.63, 3.8) is 0 Å². The summed E-state index contributed by atoms with van der Waals surface area (Å²) in [6.45, 7) is 2.57. The molecule has 0 spiro atoms. The lowest BCUT2D eigenvalue weighted by atomic mass is 10.0. The molecule has 0 bridgehead atoms. The Bertz CT molecular complexity index is 467. The van der Waals surface area contributed by atoms with Gasteiger partial charge in [-0.2, -0.15) is 0 Å². The number of hydrogen-bond acceptors (Lipinski definition) is 3. The standard InChI is InChI=1S/C13H19BrN2O2/c1-8(7-18-2)12-15-11(9-5-3-4-6-9)10(14)13(17)16-12/h8-9H,3-7H2,1-2H3,(H,15,16,17). The van der Waals surface area contributed by atoms with E-state index in [0.29, 0.717) is 17.0 Å². The third-order valence-electron chi connectivity index (χ3n) is 3.53. The molecule has 1 N–H and O–H groups in total. The highest BCUT2D eigenvalue weighted by atomic mass is 79.9. The molecule has 2 rings (SSSR count). The number of aromatic amines is 1. The van der Waals surface area contributed by atoms with E-state index in [2.05, 4.69) is 25.9 Å². The lowest BCUT2D eigenvalue weighted by Crippen LogP contribution is -2.20. The van der Waals surface area contributed by atoms with Gasteiger partial charge in [0.1, 0.15) is 10.3 Å². The molecule has 1 unspecified atom stereocenters. The monoisotopic (exact) mass is 314 g/mol. The van der Waals surface area contributed by atoms with E-state index in [1.165, 1.54) is 12.8 Å². The highest BCUT2D eigenvalue weighted by Crippen LogP contribution is 2.35. The van der Waals surface area contributed by atoms with Crippen LogP contribution in [0, 0.1) is 0 Å². The van der Waals surface area contributed by atoms with Crippen LogP contribution >= 0.6 is 15.9 Å². The number of hydrogen-bond donors (Lipinski definition) is 1. The average molecular weight is 315 g/mol. The summed E-state index contributed by atoms with van der Waals surface area (Å²) in [5.74, 6) is 1.26. The first-order valence-corrected chi connectivity index (χ1v) is 7.21. The summed E-state index contributed by atoms with van der Waals surface area (Å²) in [7, 11) is 1.66. The van der Waals surface area contributed by atoms with Crippen molar-refractivity contribution in [1.29, 1.82) is 0 Å². The minimum atomic E-state index is -0.0788. The van der Waals surface area contributed by atoms with Crippen molar-refractivity contribution in [3.05, 3.63) is 26.3 Å². The van der Waals surface area contributed by atoms with E-state index >= 15 is 0 Å². The van der Waals surface area contributed by atoms with Crippen LogP contribution in [0.4, 0.5) is 0 Å². The maximum absolute atomic E-state index is 11.9. The third-order valence-corrected chi connectivity index (χ3v) is 4.30. The summed E-state index contributed by atoms with van der Waals surface area (Å²) < 4.78 is 5.72. The number of rotatable bonds is 4. The molecular formula is C13H19BrN2O2. The summed E-state index contributed by atoms with van der Waals surface area (Å²) in [6, 6.07) is 0. The molecule has 1 aliphatic rings. The van der Waals surface area contributed by atoms with Gasteiger partial charge in [-0.05, 0) is 28.8 Å². The maximum atomic E-state index is 11.9. The third kappa shape index (κ3) is 2.83. The van der Waals surface area contributed by atoms with E-state index in [9.17, 15) is 4.79 Å². The Hall–Kier alpha value is -0.680. The van der Waals surface area contributed by atoms with Crippen LogP contribution in [0.2, 0.25) is 0 Å². The summed E-state index contributed by atoms with van der Waals surface area (Å²) in [5, 5.41) is 0. The van der Waals surface area contributed by atoms with Gasteiger partial charge in [-0.1, -0.05) is 19.8 Å². The van der Waals surface area contributed by atoms with Crippen LogP contribution in [0.25, 0.3) is 0 Å². The zero-order valence-electron chi connectivity index (χ0n) is 10.8. The molecule has 0 aromatic carbocycles. The molecule has 1 aromatic rings. The van der Waals surface area contributed by atoms with Crippen LogP contribution in [0.1, 0.15) is 56.0 Å². The lowest BCUT2D eigenvalue weighted by molar-refractivity contribution is 0.181.